The van der Waals surface area contributed by atoms with Crippen LogP contribution in [0.15, 0.2) is 83.9 Å². The van der Waals surface area contributed by atoms with Crippen molar-refractivity contribution in [3.05, 3.63) is 106 Å². The number of halogens is 4. The fraction of sp³-hybridized carbons (Fsp3) is 0.0400. The first kappa shape index (κ1) is 20.8. The van der Waals surface area contributed by atoms with Crippen LogP contribution in [0, 0.1) is 0 Å². The van der Waals surface area contributed by atoms with Gasteiger partial charge in [-0.3, -0.25) is 4.99 Å². The predicted octanol–water partition coefficient (Wildman–Crippen LogP) is 7.83. The van der Waals surface area contributed by atoms with Crippen LogP contribution in [-0.2, 0) is 6.18 Å². The first-order chi connectivity index (χ1) is 14.9. The highest BCUT2D eigenvalue weighted by molar-refractivity contribution is 6.31. The van der Waals surface area contributed by atoms with Crippen LogP contribution in [0.4, 0.5) is 18.9 Å². The van der Waals surface area contributed by atoms with Gasteiger partial charge in [0.05, 0.1) is 22.5 Å². The standard InChI is InChI=1S/C25H16ClF3N2/c26-21-10-8-19-9-12-22(31-24(19)15-21)11-7-17-3-1-4-18(13-17)16-30-23-6-2-5-20(14-23)25(27,28)29/h1-16H/b11-7+,30-16?. The summed E-state index contributed by atoms with van der Waals surface area (Å²) in [4.78, 5) is 8.77. The monoisotopic (exact) mass is 436 g/mol. The van der Waals surface area contributed by atoms with Crippen molar-refractivity contribution in [2.24, 2.45) is 4.99 Å². The zero-order chi connectivity index (χ0) is 21.8. The molecular formula is C25H16ClF3N2. The summed E-state index contributed by atoms with van der Waals surface area (Å²) >= 11 is 6.04. The van der Waals surface area contributed by atoms with Crippen molar-refractivity contribution >= 4 is 46.6 Å². The zero-order valence-electron chi connectivity index (χ0n) is 16.1. The number of pyridine rings is 1. The number of nitrogens with zero attached hydrogens (tertiary/aromatic N) is 2. The van der Waals surface area contributed by atoms with E-state index in [9.17, 15) is 13.2 Å². The van der Waals surface area contributed by atoms with E-state index in [1.54, 1.807) is 6.21 Å². The van der Waals surface area contributed by atoms with E-state index < -0.39 is 11.7 Å². The van der Waals surface area contributed by atoms with Gasteiger partial charge < -0.3 is 0 Å². The summed E-state index contributed by atoms with van der Waals surface area (Å²) in [5, 5.41) is 1.64. The molecule has 4 aromatic rings. The molecule has 0 saturated heterocycles. The van der Waals surface area contributed by atoms with E-state index >= 15 is 0 Å². The fourth-order valence-corrected chi connectivity index (χ4v) is 3.20. The zero-order valence-corrected chi connectivity index (χ0v) is 16.9. The van der Waals surface area contributed by atoms with E-state index in [2.05, 4.69) is 9.98 Å². The largest absolute Gasteiger partial charge is 0.416 e. The molecule has 0 aliphatic rings. The Morgan fingerprint density at radius 2 is 1.58 bits per heavy atom. The van der Waals surface area contributed by atoms with Crippen LogP contribution in [0.3, 0.4) is 0 Å². The minimum atomic E-state index is -4.39. The maximum atomic E-state index is 12.8. The molecule has 0 atom stereocenters. The summed E-state index contributed by atoms with van der Waals surface area (Å²) in [6, 6.07) is 21.9. The quantitative estimate of drug-likeness (QED) is 0.299. The van der Waals surface area contributed by atoms with E-state index in [1.165, 1.54) is 12.1 Å². The smallest absolute Gasteiger partial charge is 0.256 e. The van der Waals surface area contributed by atoms with Crippen molar-refractivity contribution < 1.29 is 13.2 Å². The van der Waals surface area contributed by atoms with Gasteiger partial charge in [0.15, 0.2) is 0 Å². The molecule has 0 N–H and O–H groups in total. The Kier molecular flexibility index (Phi) is 5.87. The molecule has 0 aliphatic carbocycles. The molecule has 0 unspecified atom stereocenters. The van der Waals surface area contributed by atoms with Crippen molar-refractivity contribution in [3.63, 3.8) is 0 Å². The molecule has 1 aromatic heterocycles. The molecule has 6 heteroatoms. The fourth-order valence-electron chi connectivity index (χ4n) is 3.04. The minimum Gasteiger partial charge on any atom is -0.256 e. The number of benzene rings is 3. The normalized spacial score (nSPS) is 12.3. The van der Waals surface area contributed by atoms with Gasteiger partial charge >= 0.3 is 6.18 Å². The van der Waals surface area contributed by atoms with Crippen molar-refractivity contribution in [2.45, 2.75) is 6.18 Å². The van der Waals surface area contributed by atoms with Crippen LogP contribution in [0.5, 0.6) is 0 Å². The molecule has 31 heavy (non-hydrogen) atoms. The summed E-state index contributed by atoms with van der Waals surface area (Å²) in [7, 11) is 0. The first-order valence-electron chi connectivity index (χ1n) is 9.43. The topological polar surface area (TPSA) is 25.2 Å². The molecule has 2 nitrogen and oxygen atoms in total. The maximum Gasteiger partial charge on any atom is 0.416 e. The lowest BCUT2D eigenvalue weighted by Crippen LogP contribution is -2.03. The van der Waals surface area contributed by atoms with Crippen molar-refractivity contribution in [1.29, 1.82) is 0 Å². The van der Waals surface area contributed by atoms with Gasteiger partial charge in [-0.2, -0.15) is 13.2 Å². The van der Waals surface area contributed by atoms with Gasteiger partial charge in [0.1, 0.15) is 0 Å². The van der Waals surface area contributed by atoms with Crippen LogP contribution >= 0.6 is 11.6 Å². The molecule has 0 aliphatic heterocycles. The second-order valence-corrected chi connectivity index (χ2v) is 7.32. The minimum absolute atomic E-state index is 0.245. The molecule has 0 fully saturated rings. The molecular weight excluding hydrogens is 421 g/mol. The molecule has 0 amide bonds. The number of rotatable bonds is 4. The van der Waals surface area contributed by atoms with Crippen molar-refractivity contribution in [2.75, 3.05) is 0 Å². The lowest BCUT2D eigenvalue weighted by Gasteiger charge is -2.06. The summed E-state index contributed by atoms with van der Waals surface area (Å²) in [5.41, 5.74) is 2.83. The van der Waals surface area contributed by atoms with Gasteiger partial charge in [-0.25, -0.2) is 4.98 Å². The Balaban J connectivity index is 1.53. The van der Waals surface area contributed by atoms with Crippen molar-refractivity contribution in [3.8, 4) is 0 Å². The Morgan fingerprint density at radius 1 is 0.806 bits per heavy atom. The number of fused-ring (bicyclic) bond motifs is 1. The van der Waals surface area contributed by atoms with Crippen LogP contribution in [-0.4, -0.2) is 11.2 Å². The number of aromatic nitrogens is 1. The van der Waals surface area contributed by atoms with Gasteiger partial charge in [0, 0.05) is 16.6 Å². The lowest BCUT2D eigenvalue weighted by molar-refractivity contribution is -0.137. The van der Waals surface area contributed by atoms with Crippen LogP contribution in [0.2, 0.25) is 5.02 Å². The van der Waals surface area contributed by atoms with Gasteiger partial charge in [-0.1, -0.05) is 54.1 Å². The number of aliphatic imine (C=N–C) groups is 1. The van der Waals surface area contributed by atoms with Gasteiger partial charge in [-0.15, -0.1) is 0 Å². The highest BCUT2D eigenvalue weighted by Gasteiger charge is 2.30. The van der Waals surface area contributed by atoms with Gasteiger partial charge in [0.2, 0.25) is 0 Å². The number of hydrogen-bond donors (Lipinski definition) is 0. The average Bonchev–Trinajstić information content (AvgIpc) is 2.76. The SMILES string of the molecule is FC(F)(F)c1cccc(N=Cc2cccc(/C=C/c3ccc4ccc(Cl)cc4n3)c2)c1. The lowest BCUT2D eigenvalue weighted by atomic mass is 10.1. The third-order valence-electron chi connectivity index (χ3n) is 4.57. The second-order valence-electron chi connectivity index (χ2n) is 6.88. The van der Waals surface area contributed by atoms with Crippen LogP contribution in [0.25, 0.3) is 23.1 Å². The molecule has 1 heterocycles. The van der Waals surface area contributed by atoms with E-state index in [0.29, 0.717) is 5.02 Å². The number of hydrogen-bond acceptors (Lipinski definition) is 2. The molecule has 0 saturated carbocycles. The third kappa shape index (κ3) is 5.38. The Morgan fingerprint density at radius 3 is 2.42 bits per heavy atom. The second kappa shape index (κ2) is 8.74. The molecule has 0 spiro atoms. The van der Waals surface area contributed by atoms with Crippen molar-refractivity contribution in [1.82, 2.24) is 4.98 Å². The summed E-state index contributed by atoms with van der Waals surface area (Å²) in [6.07, 6.45) is 0.964. The molecule has 3 aromatic carbocycles. The summed E-state index contributed by atoms with van der Waals surface area (Å²) < 4.78 is 38.5. The summed E-state index contributed by atoms with van der Waals surface area (Å²) in [6.45, 7) is 0. The van der Waals surface area contributed by atoms with E-state index in [4.69, 9.17) is 11.6 Å². The van der Waals surface area contributed by atoms with Crippen LogP contribution in [0.1, 0.15) is 22.4 Å². The Labute approximate surface area is 182 Å². The molecule has 154 valence electrons. The maximum absolute atomic E-state index is 12.8. The average molecular weight is 437 g/mol. The third-order valence-corrected chi connectivity index (χ3v) is 4.80. The van der Waals surface area contributed by atoms with Gasteiger partial charge in [0.25, 0.3) is 0 Å². The van der Waals surface area contributed by atoms with E-state index in [0.717, 1.165) is 39.9 Å². The Hall–Kier alpha value is -3.44. The Bertz CT molecular complexity index is 1290. The first-order valence-corrected chi connectivity index (χ1v) is 9.80. The van der Waals surface area contributed by atoms with E-state index in [-0.39, 0.29) is 5.69 Å². The predicted molar refractivity (Wildman–Crippen MR) is 121 cm³/mol. The molecule has 0 bridgehead atoms. The molecule has 4 rings (SSSR count). The highest BCUT2D eigenvalue weighted by atomic mass is 35.5. The molecule has 0 radical (unpaired) electrons. The van der Waals surface area contributed by atoms with E-state index in [1.807, 2.05) is 66.7 Å². The summed E-state index contributed by atoms with van der Waals surface area (Å²) in [5.74, 6) is 0. The highest BCUT2D eigenvalue weighted by Crippen LogP contribution is 2.31. The number of alkyl halides is 3. The van der Waals surface area contributed by atoms with Crippen LogP contribution < -0.4 is 0 Å². The van der Waals surface area contributed by atoms with Gasteiger partial charge in [-0.05, 0) is 59.7 Å².